The number of hydrogen-bond donors (Lipinski definition) is 1. The summed E-state index contributed by atoms with van der Waals surface area (Å²) in [5, 5.41) is 11.6. The van der Waals surface area contributed by atoms with E-state index in [1.807, 2.05) is 30.3 Å². The lowest BCUT2D eigenvalue weighted by molar-refractivity contribution is 0.102. The molecule has 124 valence electrons. The molecule has 0 spiro atoms. The first-order valence-corrected chi connectivity index (χ1v) is 9.47. The van der Waals surface area contributed by atoms with Gasteiger partial charge in [-0.2, -0.15) is 0 Å². The minimum atomic E-state index is -0.422. The molecule has 1 N–H and O–H groups in total. The number of aliphatic hydroxyl groups excluding tert-OH is 1. The van der Waals surface area contributed by atoms with E-state index in [4.69, 9.17) is 4.98 Å². The summed E-state index contributed by atoms with van der Waals surface area (Å²) in [6.45, 7) is 2.95. The highest BCUT2D eigenvalue weighted by Gasteiger charge is 2.17. The van der Waals surface area contributed by atoms with Gasteiger partial charge in [0.05, 0.1) is 16.3 Å². The summed E-state index contributed by atoms with van der Waals surface area (Å²) in [7, 11) is 0. The Bertz CT molecular complexity index is 809. The maximum Gasteiger partial charge on any atom is 0.124 e. The zero-order valence-corrected chi connectivity index (χ0v) is 14.5. The molecular formula is C20H22N2OS. The average molecular weight is 338 g/mol. The molecular weight excluding hydrogens is 316 g/mol. The van der Waals surface area contributed by atoms with Crippen molar-refractivity contribution in [3.8, 4) is 10.6 Å². The Morgan fingerprint density at radius 2 is 1.83 bits per heavy atom. The molecule has 1 saturated heterocycles. The number of thiazole rings is 1. The molecule has 2 heterocycles. The molecule has 24 heavy (non-hydrogen) atoms. The first-order chi connectivity index (χ1) is 11.8. The van der Waals surface area contributed by atoms with Gasteiger partial charge in [0.25, 0.3) is 0 Å². The van der Waals surface area contributed by atoms with Crippen LogP contribution in [-0.2, 0) is 0 Å². The van der Waals surface area contributed by atoms with E-state index >= 15 is 0 Å². The highest BCUT2D eigenvalue weighted by Crippen LogP contribution is 2.32. The summed E-state index contributed by atoms with van der Waals surface area (Å²) in [5.41, 5.74) is 3.15. The van der Waals surface area contributed by atoms with Crippen LogP contribution in [0.25, 0.3) is 20.8 Å². The highest BCUT2D eigenvalue weighted by atomic mass is 32.1. The van der Waals surface area contributed by atoms with E-state index in [9.17, 15) is 5.11 Å². The van der Waals surface area contributed by atoms with E-state index in [0.717, 1.165) is 46.0 Å². The van der Waals surface area contributed by atoms with Crippen molar-refractivity contribution in [2.75, 3.05) is 19.6 Å². The van der Waals surface area contributed by atoms with Crippen LogP contribution in [0.5, 0.6) is 0 Å². The van der Waals surface area contributed by atoms with E-state index in [0.29, 0.717) is 0 Å². The van der Waals surface area contributed by atoms with Gasteiger partial charge in [0, 0.05) is 12.1 Å². The van der Waals surface area contributed by atoms with Crippen LogP contribution in [0.15, 0.2) is 48.5 Å². The summed E-state index contributed by atoms with van der Waals surface area (Å²) >= 11 is 1.69. The molecule has 2 aromatic carbocycles. The molecule has 0 radical (unpaired) electrons. The number of β-amino-alcohol motifs (C(OH)–C–C–N with tert-alkyl or cyclic N) is 1. The fraction of sp³-hybridized carbons (Fsp3) is 0.350. The van der Waals surface area contributed by atoms with Crippen molar-refractivity contribution in [3.05, 3.63) is 54.1 Å². The van der Waals surface area contributed by atoms with Crippen molar-refractivity contribution in [1.82, 2.24) is 9.88 Å². The number of aliphatic hydroxyl groups is 1. The Hall–Kier alpha value is -1.75. The van der Waals surface area contributed by atoms with Gasteiger partial charge in [-0.15, -0.1) is 11.3 Å². The number of likely N-dealkylation sites (tertiary alicyclic amines) is 1. The lowest BCUT2D eigenvalue weighted by Crippen LogP contribution is -2.33. The zero-order valence-electron chi connectivity index (χ0n) is 13.7. The predicted octanol–water partition coefficient (Wildman–Crippen LogP) is 4.48. The molecule has 1 fully saturated rings. The summed E-state index contributed by atoms with van der Waals surface area (Å²) in [4.78, 5) is 7.10. The zero-order chi connectivity index (χ0) is 16.4. The van der Waals surface area contributed by atoms with E-state index in [1.165, 1.54) is 19.3 Å². The molecule has 1 aromatic heterocycles. The van der Waals surface area contributed by atoms with Crippen LogP contribution in [0.4, 0.5) is 0 Å². The predicted molar refractivity (Wildman–Crippen MR) is 100 cm³/mol. The molecule has 0 saturated carbocycles. The molecule has 0 amide bonds. The minimum absolute atomic E-state index is 0.422. The SMILES string of the molecule is OC(CN1CCCCC1)c1ccc2nc(-c3ccccc3)sc2c1. The van der Waals surface area contributed by atoms with Crippen LogP contribution in [-0.4, -0.2) is 34.6 Å². The first kappa shape index (κ1) is 15.8. The smallest absolute Gasteiger partial charge is 0.124 e. The van der Waals surface area contributed by atoms with Crippen LogP contribution in [0, 0.1) is 0 Å². The van der Waals surface area contributed by atoms with Gasteiger partial charge in [0.15, 0.2) is 0 Å². The van der Waals surface area contributed by atoms with Gasteiger partial charge in [-0.3, -0.25) is 0 Å². The number of benzene rings is 2. The van der Waals surface area contributed by atoms with Crippen molar-refractivity contribution < 1.29 is 5.11 Å². The molecule has 1 aliphatic heterocycles. The van der Waals surface area contributed by atoms with Gasteiger partial charge in [0.2, 0.25) is 0 Å². The van der Waals surface area contributed by atoms with Crippen LogP contribution >= 0.6 is 11.3 Å². The third-order valence-electron chi connectivity index (χ3n) is 4.70. The second-order valence-electron chi connectivity index (χ2n) is 6.49. The summed E-state index contributed by atoms with van der Waals surface area (Å²) in [5.74, 6) is 0. The maximum atomic E-state index is 10.6. The minimum Gasteiger partial charge on any atom is -0.387 e. The standard InChI is InChI=1S/C20H22N2OS/c23-18(14-22-11-5-2-6-12-22)16-9-10-17-19(13-16)24-20(21-17)15-7-3-1-4-8-15/h1,3-4,7-10,13,18,23H,2,5-6,11-12,14H2. The Morgan fingerprint density at radius 1 is 1.04 bits per heavy atom. The molecule has 4 rings (SSSR count). The average Bonchev–Trinajstić information content (AvgIpc) is 3.06. The fourth-order valence-electron chi connectivity index (χ4n) is 3.34. The van der Waals surface area contributed by atoms with Gasteiger partial charge in [-0.05, 0) is 43.6 Å². The second kappa shape index (κ2) is 7.01. The highest BCUT2D eigenvalue weighted by molar-refractivity contribution is 7.21. The maximum absolute atomic E-state index is 10.6. The fourth-order valence-corrected chi connectivity index (χ4v) is 4.36. The Morgan fingerprint density at radius 3 is 2.62 bits per heavy atom. The lowest BCUT2D eigenvalue weighted by atomic mass is 10.1. The van der Waals surface area contributed by atoms with Gasteiger partial charge in [-0.25, -0.2) is 4.98 Å². The Balaban J connectivity index is 1.56. The number of hydrogen-bond acceptors (Lipinski definition) is 4. The summed E-state index contributed by atoms with van der Waals surface area (Å²) in [6, 6.07) is 16.4. The molecule has 1 atom stereocenters. The third kappa shape index (κ3) is 3.36. The van der Waals surface area contributed by atoms with E-state index in [1.54, 1.807) is 11.3 Å². The van der Waals surface area contributed by atoms with Gasteiger partial charge < -0.3 is 10.0 Å². The Kier molecular flexibility index (Phi) is 4.60. The molecule has 0 bridgehead atoms. The summed E-state index contributed by atoms with van der Waals surface area (Å²) < 4.78 is 1.14. The van der Waals surface area contributed by atoms with Crippen molar-refractivity contribution in [3.63, 3.8) is 0 Å². The van der Waals surface area contributed by atoms with Crippen molar-refractivity contribution >= 4 is 21.6 Å². The quantitative estimate of drug-likeness (QED) is 0.762. The molecule has 0 aliphatic carbocycles. The number of fused-ring (bicyclic) bond motifs is 1. The summed E-state index contributed by atoms with van der Waals surface area (Å²) in [6.07, 6.45) is 3.40. The van der Waals surface area contributed by atoms with Crippen LogP contribution in [0.3, 0.4) is 0 Å². The lowest BCUT2D eigenvalue weighted by Gasteiger charge is -2.28. The first-order valence-electron chi connectivity index (χ1n) is 8.66. The van der Waals surface area contributed by atoms with Crippen molar-refractivity contribution in [1.29, 1.82) is 0 Å². The van der Waals surface area contributed by atoms with Crippen molar-refractivity contribution in [2.24, 2.45) is 0 Å². The Labute approximate surface area is 146 Å². The molecule has 1 unspecified atom stereocenters. The van der Waals surface area contributed by atoms with Gasteiger partial charge in [-0.1, -0.05) is 42.8 Å². The van der Waals surface area contributed by atoms with E-state index in [2.05, 4.69) is 23.1 Å². The second-order valence-corrected chi connectivity index (χ2v) is 7.52. The van der Waals surface area contributed by atoms with Gasteiger partial charge >= 0.3 is 0 Å². The topological polar surface area (TPSA) is 36.4 Å². The van der Waals surface area contributed by atoms with E-state index < -0.39 is 6.10 Å². The van der Waals surface area contributed by atoms with Crippen LogP contribution in [0.2, 0.25) is 0 Å². The molecule has 3 aromatic rings. The number of aromatic nitrogens is 1. The van der Waals surface area contributed by atoms with E-state index in [-0.39, 0.29) is 0 Å². The van der Waals surface area contributed by atoms with Crippen LogP contribution < -0.4 is 0 Å². The van der Waals surface area contributed by atoms with Crippen LogP contribution in [0.1, 0.15) is 30.9 Å². The normalized spacial score (nSPS) is 17.2. The van der Waals surface area contributed by atoms with Gasteiger partial charge in [0.1, 0.15) is 5.01 Å². The van der Waals surface area contributed by atoms with Crippen molar-refractivity contribution in [2.45, 2.75) is 25.4 Å². The monoisotopic (exact) mass is 338 g/mol. The number of rotatable bonds is 4. The molecule has 3 nitrogen and oxygen atoms in total. The molecule has 4 heteroatoms. The number of nitrogens with zero attached hydrogens (tertiary/aromatic N) is 2. The number of piperidine rings is 1. The molecule has 1 aliphatic rings. The largest absolute Gasteiger partial charge is 0.387 e. The third-order valence-corrected chi connectivity index (χ3v) is 5.77.